The molecule has 0 spiro atoms. The van der Waals surface area contributed by atoms with Crippen LogP contribution in [-0.4, -0.2) is 227 Å². The van der Waals surface area contributed by atoms with E-state index in [-0.39, 0.29) is 44.1 Å². The van der Waals surface area contributed by atoms with E-state index < -0.39 is 166 Å². The number of ether oxygens (including phenoxy) is 8. The molecule has 0 amide bonds. The van der Waals surface area contributed by atoms with Gasteiger partial charge in [0.15, 0.2) is 18.9 Å². The SMILES string of the molecule is O=C(C=CC1CCC(O)CC1)OC[C@H]1O[C@@H](OC[C@@H]2O[C@H](OC3CC4C(O)CC(O)CC4OC3C3CCC(O)C(O)C3)[C@@H](O[C@@H]3OC[C@@H](O)[C@H](O)[C@H]3O)[C@H](O)[C@@H]2O)[C@H](O)[C@@H](O)[C@@H]1O. The predicted octanol–water partition coefficient (Wildman–Crippen LogP) is -5.07. The minimum Gasteiger partial charge on any atom is -0.460 e. The molecule has 4 saturated heterocycles. The van der Waals surface area contributed by atoms with Crippen molar-refractivity contribution in [1.82, 2.24) is 0 Å². The standard InChI is InChI=1S/C41H66O22/c42-18-5-1-16(2-6-18)3-8-29(48)56-14-27-31(50)33(52)36(55)39(61-27)58-15-28-32(51)34(53)38(63-40-35(54)30(49)24(47)13-57-40)41(62-28)60-26-12-20-22(45)10-19(43)11-25(20)59-37(26)17-4-7-21(44)23(46)9-17/h3,8,16-28,30-47,49-55H,1-2,4-7,9-15H2/t16?,17?,18?,19?,20?,21?,22?,23?,24-,25?,26?,27-,28+,30+,31-,32-,33+,34-,35-,36-,37?,38+,39-,40+,41+/m1/s1. The summed E-state index contributed by atoms with van der Waals surface area (Å²) in [6.45, 7) is -1.68. The topological polar surface area (TPSA) is 354 Å². The Balaban J connectivity index is 1.06. The molecular weight excluding hydrogens is 844 g/mol. The first-order chi connectivity index (χ1) is 30.0. The van der Waals surface area contributed by atoms with Crippen molar-refractivity contribution in [3.05, 3.63) is 12.2 Å². The zero-order valence-electron chi connectivity index (χ0n) is 34.8. The molecule has 7 rings (SSSR count). The molecule has 362 valence electrons. The molecule has 4 aliphatic heterocycles. The second-order valence-corrected chi connectivity index (χ2v) is 18.4. The molecule has 13 N–H and O–H groups in total. The molecule has 0 aromatic carbocycles. The molecule has 0 bridgehead atoms. The van der Waals surface area contributed by atoms with Crippen molar-refractivity contribution < 1.29 is 109 Å². The molecular formula is C41H66O22. The Labute approximate surface area is 363 Å². The number of carbonyl (C=O) groups is 1. The number of hydrogen-bond acceptors (Lipinski definition) is 22. The molecule has 23 atom stereocenters. The molecule has 63 heavy (non-hydrogen) atoms. The summed E-state index contributed by atoms with van der Waals surface area (Å²) in [6, 6.07) is 0. The van der Waals surface area contributed by atoms with Gasteiger partial charge in [-0.3, -0.25) is 0 Å². The number of esters is 1. The number of aliphatic hydroxyl groups is 13. The molecule has 22 heteroatoms. The fraction of sp³-hybridized carbons (Fsp3) is 0.927. The van der Waals surface area contributed by atoms with Crippen LogP contribution < -0.4 is 0 Å². The number of fused-ring (bicyclic) bond motifs is 1. The van der Waals surface area contributed by atoms with Gasteiger partial charge in [0.1, 0.15) is 73.8 Å². The fourth-order valence-corrected chi connectivity index (χ4v) is 10.0. The van der Waals surface area contributed by atoms with Crippen LogP contribution in [0.1, 0.15) is 64.2 Å². The number of rotatable bonds is 12. The van der Waals surface area contributed by atoms with Crippen molar-refractivity contribution in [2.45, 2.75) is 199 Å². The lowest BCUT2D eigenvalue weighted by Gasteiger charge is -2.51. The van der Waals surface area contributed by atoms with Crippen molar-refractivity contribution >= 4 is 5.97 Å². The Bertz CT molecular complexity index is 1490. The fourth-order valence-electron chi connectivity index (χ4n) is 10.0. The van der Waals surface area contributed by atoms with E-state index in [2.05, 4.69) is 0 Å². The van der Waals surface area contributed by atoms with Crippen LogP contribution in [0, 0.1) is 17.8 Å². The van der Waals surface area contributed by atoms with Crippen LogP contribution in [0.25, 0.3) is 0 Å². The maximum absolute atomic E-state index is 12.5. The number of allylic oxidation sites excluding steroid dienone is 1. The Morgan fingerprint density at radius 3 is 1.97 bits per heavy atom. The quantitative estimate of drug-likeness (QED) is 0.0644. The molecule has 3 aliphatic carbocycles. The second kappa shape index (κ2) is 21.6. The van der Waals surface area contributed by atoms with E-state index in [1.165, 1.54) is 6.08 Å². The van der Waals surface area contributed by atoms with E-state index in [4.69, 9.17) is 37.9 Å². The van der Waals surface area contributed by atoms with Crippen molar-refractivity contribution in [2.24, 2.45) is 17.8 Å². The first-order valence-corrected chi connectivity index (χ1v) is 22.2. The summed E-state index contributed by atoms with van der Waals surface area (Å²) in [5.74, 6) is -1.61. The summed E-state index contributed by atoms with van der Waals surface area (Å²) in [6.07, 6.45) is -23.7. The second-order valence-electron chi connectivity index (χ2n) is 18.4. The number of carbonyl (C=O) groups excluding carboxylic acids is 1. The van der Waals surface area contributed by atoms with Gasteiger partial charge in [-0.15, -0.1) is 0 Å². The van der Waals surface area contributed by atoms with Gasteiger partial charge in [-0.25, -0.2) is 4.79 Å². The van der Waals surface area contributed by atoms with Crippen LogP contribution in [0.3, 0.4) is 0 Å². The van der Waals surface area contributed by atoms with Crippen LogP contribution in [-0.2, 0) is 42.7 Å². The van der Waals surface area contributed by atoms with Gasteiger partial charge in [0.05, 0.1) is 62.0 Å². The van der Waals surface area contributed by atoms with Gasteiger partial charge in [-0.05, 0) is 76.0 Å². The predicted molar refractivity (Wildman–Crippen MR) is 206 cm³/mol. The third-order valence-corrected chi connectivity index (χ3v) is 13.9. The zero-order chi connectivity index (χ0) is 45.3. The monoisotopic (exact) mass is 910 g/mol. The zero-order valence-corrected chi connectivity index (χ0v) is 34.8. The van der Waals surface area contributed by atoms with E-state index in [1.807, 2.05) is 0 Å². The smallest absolute Gasteiger partial charge is 0.330 e. The van der Waals surface area contributed by atoms with Crippen molar-refractivity contribution in [3.63, 3.8) is 0 Å². The molecule has 7 aliphatic rings. The summed E-state index contributed by atoms with van der Waals surface area (Å²) in [7, 11) is 0. The molecule has 0 aromatic rings. The van der Waals surface area contributed by atoms with E-state index in [1.54, 1.807) is 6.08 Å². The van der Waals surface area contributed by atoms with Gasteiger partial charge in [-0.1, -0.05) is 6.08 Å². The van der Waals surface area contributed by atoms with Crippen LogP contribution in [0.15, 0.2) is 12.2 Å². The summed E-state index contributed by atoms with van der Waals surface area (Å²) < 4.78 is 47.4. The lowest BCUT2D eigenvalue weighted by Crippen LogP contribution is -2.65. The third kappa shape index (κ3) is 11.6. The molecule has 9 unspecified atom stereocenters. The first kappa shape index (κ1) is 49.3. The third-order valence-electron chi connectivity index (χ3n) is 13.9. The van der Waals surface area contributed by atoms with E-state index in [0.29, 0.717) is 32.1 Å². The normalized spacial score (nSPS) is 51.1. The van der Waals surface area contributed by atoms with E-state index >= 15 is 0 Å². The molecule has 0 aromatic heterocycles. The molecule has 22 nitrogen and oxygen atoms in total. The summed E-state index contributed by atoms with van der Waals surface area (Å²) >= 11 is 0. The number of aliphatic hydroxyl groups excluding tert-OH is 13. The molecule has 7 fully saturated rings. The largest absolute Gasteiger partial charge is 0.460 e. The van der Waals surface area contributed by atoms with Gasteiger partial charge < -0.3 is 104 Å². The van der Waals surface area contributed by atoms with Gasteiger partial charge in [0, 0.05) is 12.0 Å². The highest BCUT2D eigenvalue weighted by Crippen LogP contribution is 2.44. The van der Waals surface area contributed by atoms with Crippen molar-refractivity contribution in [1.29, 1.82) is 0 Å². The summed E-state index contributed by atoms with van der Waals surface area (Å²) in [4.78, 5) is 12.5. The average molecular weight is 911 g/mol. The minimum absolute atomic E-state index is 0.0747. The number of hydrogen-bond donors (Lipinski definition) is 13. The van der Waals surface area contributed by atoms with Gasteiger partial charge in [0.2, 0.25) is 0 Å². The molecule has 4 heterocycles. The lowest BCUT2D eigenvalue weighted by atomic mass is 9.72. The summed E-state index contributed by atoms with van der Waals surface area (Å²) in [5.41, 5.74) is 0. The summed E-state index contributed by atoms with van der Waals surface area (Å²) in [5, 5.41) is 139. The lowest BCUT2D eigenvalue weighted by molar-refractivity contribution is -0.376. The Morgan fingerprint density at radius 1 is 0.556 bits per heavy atom. The van der Waals surface area contributed by atoms with Gasteiger partial charge in [-0.2, -0.15) is 0 Å². The van der Waals surface area contributed by atoms with Crippen LogP contribution >= 0.6 is 0 Å². The maximum Gasteiger partial charge on any atom is 0.330 e. The molecule has 0 radical (unpaired) electrons. The van der Waals surface area contributed by atoms with Crippen LogP contribution in [0.5, 0.6) is 0 Å². The Kier molecular flexibility index (Phi) is 16.9. The first-order valence-electron chi connectivity index (χ1n) is 22.2. The average Bonchev–Trinajstić information content (AvgIpc) is 3.25. The Morgan fingerprint density at radius 2 is 1.24 bits per heavy atom. The maximum atomic E-state index is 12.5. The van der Waals surface area contributed by atoms with Crippen molar-refractivity contribution in [2.75, 3.05) is 19.8 Å². The van der Waals surface area contributed by atoms with Crippen LogP contribution in [0.4, 0.5) is 0 Å². The molecule has 3 saturated carbocycles. The Hall–Kier alpha value is -1.59. The van der Waals surface area contributed by atoms with Crippen LogP contribution in [0.2, 0.25) is 0 Å². The van der Waals surface area contributed by atoms with E-state index in [9.17, 15) is 71.2 Å². The highest BCUT2D eigenvalue weighted by molar-refractivity contribution is 5.81. The van der Waals surface area contributed by atoms with E-state index in [0.717, 1.165) is 0 Å². The minimum atomic E-state index is -1.90. The van der Waals surface area contributed by atoms with Gasteiger partial charge >= 0.3 is 5.97 Å². The highest BCUT2D eigenvalue weighted by Gasteiger charge is 2.55. The highest BCUT2D eigenvalue weighted by atomic mass is 16.8. The van der Waals surface area contributed by atoms with Crippen molar-refractivity contribution in [3.8, 4) is 0 Å². The van der Waals surface area contributed by atoms with Gasteiger partial charge in [0.25, 0.3) is 0 Å².